The maximum atomic E-state index is 13.0. The van der Waals surface area contributed by atoms with E-state index in [-0.39, 0.29) is 4.90 Å². The van der Waals surface area contributed by atoms with Crippen molar-refractivity contribution in [2.75, 3.05) is 31.1 Å². The molecule has 5 nitrogen and oxygen atoms in total. The number of halogens is 2. The molecule has 4 rings (SSSR count). The number of piperazine rings is 1. The van der Waals surface area contributed by atoms with Crippen molar-refractivity contribution in [3.05, 3.63) is 63.0 Å². The number of aromatic nitrogens is 1. The van der Waals surface area contributed by atoms with Gasteiger partial charge >= 0.3 is 0 Å². The topological polar surface area (TPSA) is 53.5 Å². The molecule has 0 spiro atoms. The lowest BCUT2D eigenvalue weighted by Crippen LogP contribution is -2.48. The fraction of sp³-hybridized carbons (Fsp3) is 0.286. The average Bonchev–Trinajstić information content (AvgIpc) is 3.19. The Morgan fingerprint density at radius 2 is 1.63 bits per heavy atom. The van der Waals surface area contributed by atoms with Gasteiger partial charge in [-0.1, -0.05) is 40.9 Å². The van der Waals surface area contributed by atoms with Crippen LogP contribution in [0.15, 0.2) is 46.7 Å². The van der Waals surface area contributed by atoms with Crippen LogP contribution in [-0.2, 0) is 10.0 Å². The molecule has 0 radical (unpaired) electrons. The first-order valence-electron chi connectivity index (χ1n) is 9.48. The number of nitrogens with zero attached hydrogens (tertiary/aromatic N) is 3. The largest absolute Gasteiger partial charge is 0.345 e. The summed E-state index contributed by atoms with van der Waals surface area (Å²) in [5.41, 5.74) is 4.48. The standard InChI is InChI=1S/C21H21Cl2N3O2S2/c1-14-3-4-15(2)19(9-14)20-13-29-21(24-20)25-5-7-26(8-6-25)30(27,28)18-11-16(22)10-17(23)12-18/h3-4,9-13H,5-8H2,1-2H3. The predicted octanol–water partition coefficient (Wildman–Crippen LogP) is 5.24. The van der Waals surface area contributed by atoms with Gasteiger partial charge in [0.2, 0.25) is 10.0 Å². The van der Waals surface area contributed by atoms with Crippen molar-refractivity contribution in [2.24, 2.45) is 0 Å². The van der Waals surface area contributed by atoms with Gasteiger partial charge in [-0.3, -0.25) is 0 Å². The minimum atomic E-state index is -3.64. The number of hydrogen-bond donors (Lipinski definition) is 0. The number of rotatable bonds is 4. The quantitative estimate of drug-likeness (QED) is 0.510. The van der Waals surface area contributed by atoms with Gasteiger partial charge in [-0.15, -0.1) is 11.3 Å². The van der Waals surface area contributed by atoms with Gasteiger partial charge < -0.3 is 4.90 Å². The number of thiazole rings is 1. The molecule has 2 aromatic carbocycles. The van der Waals surface area contributed by atoms with Gasteiger partial charge in [0.15, 0.2) is 5.13 Å². The summed E-state index contributed by atoms with van der Waals surface area (Å²) in [4.78, 5) is 7.08. The number of aryl methyl sites for hydroxylation is 2. The smallest absolute Gasteiger partial charge is 0.243 e. The van der Waals surface area contributed by atoms with E-state index >= 15 is 0 Å². The highest BCUT2D eigenvalue weighted by Crippen LogP contribution is 2.31. The number of hydrogen-bond acceptors (Lipinski definition) is 5. The Balaban J connectivity index is 1.49. The molecule has 2 heterocycles. The van der Waals surface area contributed by atoms with Gasteiger partial charge in [0, 0.05) is 47.2 Å². The normalized spacial score (nSPS) is 15.5. The van der Waals surface area contributed by atoms with Crippen LogP contribution in [0.25, 0.3) is 11.3 Å². The molecule has 30 heavy (non-hydrogen) atoms. The van der Waals surface area contributed by atoms with Crippen LogP contribution in [-0.4, -0.2) is 43.9 Å². The zero-order valence-electron chi connectivity index (χ0n) is 16.6. The first-order chi connectivity index (χ1) is 14.2. The van der Waals surface area contributed by atoms with Gasteiger partial charge in [-0.2, -0.15) is 4.31 Å². The van der Waals surface area contributed by atoms with E-state index in [9.17, 15) is 8.42 Å². The molecular formula is C21H21Cl2N3O2S2. The molecule has 1 aliphatic heterocycles. The monoisotopic (exact) mass is 481 g/mol. The number of sulfonamides is 1. The van der Waals surface area contributed by atoms with E-state index in [0.717, 1.165) is 16.4 Å². The molecule has 0 N–H and O–H groups in total. The Morgan fingerprint density at radius 1 is 0.967 bits per heavy atom. The lowest BCUT2D eigenvalue weighted by Gasteiger charge is -2.33. The highest BCUT2D eigenvalue weighted by molar-refractivity contribution is 7.89. The van der Waals surface area contributed by atoms with E-state index in [1.54, 1.807) is 11.3 Å². The first kappa shape index (κ1) is 21.6. The third-order valence-electron chi connectivity index (χ3n) is 5.14. The Labute approximate surface area is 190 Å². The fourth-order valence-electron chi connectivity index (χ4n) is 3.49. The molecule has 0 aliphatic carbocycles. The van der Waals surface area contributed by atoms with Crippen LogP contribution in [0.4, 0.5) is 5.13 Å². The molecule has 0 saturated carbocycles. The molecule has 1 fully saturated rings. The second-order valence-corrected chi connectivity index (χ2v) is 11.0. The molecule has 0 atom stereocenters. The van der Waals surface area contributed by atoms with Crippen LogP contribution in [0.3, 0.4) is 0 Å². The highest BCUT2D eigenvalue weighted by atomic mass is 35.5. The molecule has 0 unspecified atom stereocenters. The maximum Gasteiger partial charge on any atom is 0.243 e. The zero-order valence-corrected chi connectivity index (χ0v) is 19.7. The minimum absolute atomic E-state index is 0.125. The van der Waals surface area contributed by atoms with Crippen molar-refractivity contribution in [1.29, 1.82) is 0 Å². The average molecular weight is 482 g/mol. The van der Waals surface area contributed by atoms with E-state index in [1.807, 2.05) is 0 Å². The van der Waals surface area contributed by atoms with Crippen molar-refractivity contribution >= 4 is 49.7 Å². The summed E-state index contributed by atoms with van der Waals surface area (Å²) in [5, 5.41) is 3.59. The van der Waals surface area contributed by atoms with Gasteiger partial charge in [-0.05, 0) is 43.7 Å². The van der Waals surface area contributed by atoms with Crippen molar-refractivity contribution < 1.29 is 8.42 Å². The number of benzene rings is 2. The lowest BCUT2D eigenvalue weighted by molar-refractivity contribution is 0.385. The van der Waals surface area contributed by atoms with E-state index in [2.05, 4.69) is 42.3 Å². The Bertz CT molecular complexity index is 1170. The molecule has 1 aliphatic rings. The molecule has 9 heteroatoms. The summed E-state index contributed by atoms with van der Waals surface area (Å²) in [6.45, 7) is 6.07. The molecule has 1 aromatic heterocycles. The summed E-state index contributed by atoms with van der Waals surface area (Å²) in [6, 6.07) is 10.7. The van der Waals surface area contributed by atoms with Crippen LogP contribution in [0.5, 0.6) is 0 Å². The van der Waals surface area contributed by atoms with Gasteiger partial charge in [0.05, 0.1) is 10.6 Å². The van der Waals surface area contributed by atoms with Crippen LogP contribution < -0.4 is 4.90 Å². The molecule has 3 aromatic rings. The summed E-state index contributed by atoms with van der Waals surface area (Å²) < 4.78 is 27.4. The second kappa shape index (κ2) is 8.48. The molecule has 1 saturated heterocycles. The first-order valence-corrected chi connectivity index (χ1v) is 12.6. The van der Waals surface area contributed by atoms with Crippen molar-refractivity contribution in [2.45, 2.75) is 18.7 Å². The Kier molecular flexibility index (Phi) is 6.10. The van der Waals surface area contributed by atoms with E-state index in [1.165, 1.54) is 33.6 Å². The number of anilines is 1. The zero-order chi connectivity index (χ0) is 21.5. The Hall–Kier alpha value is -1.64. The molecule has 0 amide bonds. The third kappa shape index (κ3) is 4.36. The van der Waals surface area contributed by atoms with Crippen LogP contribution >= 0.6 is 34.5 Å². The van der Waals surface area contributed by atoms with Crippen LogP contribution in [0.2, 0.25) is 10.0 Å². The molecule has 0 bridgehead atoms. The highest BCUT2D eigenvalue weighted by Gasteiger charge is 2.30. The van der Waals surface area contributed by atoms with Crippen LogP contribution in [0.1, 0.15) is 11.1 Å². The van der Waals surface area contributed by atoms with Gasteiger partial charge in [0.1, 0.15) is 0 Å². The summed E-state index contributed by atoms with van der Waals surface area (Å²) >= 11 is 13.6. The van der Waals surface area contributed by atoms with Gasteiger partial charge in [-0.25, -0.2) is 13.4 Å². The lowest BCUT2D eigenvalue weighted by atomic mass is 10.0. The summed E-state index contributed by atoms with van der Waals surface area (Å²) in [5.74, 6) is 0. The van der Waals surface area contributed by atoms with Crippen LogP contribution in [0, 0.1) is 13.8 Å². The van der Waals surface area contributed by atoms with Crippen molar-refractivity contribution in [3.8, 4) is 11.3 Å². The molecular weight excluding hydrogens is 461 g/mol. The summed E-state index contributed by atoms with van der Waals surface area (Å²) in [7, 11) is -3.64. The summed E-state index contributed by atoms with van der Waals surface area (Å²) in [6.07, 6.45) is 0. The van der Waals surface area contributed by atoms with E-state index in [4.69, 9.17) is 28.2 Å². The minimum Gasteiger partial charge on any atom is -0.345 e. The van der Waals surface area contributed by atoms with E-state index < -0.39 is 10.0 Å². The maximum absolute atomic E-state index is 13.0. The van der Waals surface area contributed by atoms with Crippen molar-refractivity contribution in [3.63, 3.8) is 0 Å². The predicted molar refractivity (Wildman–Crippen MR) is 124 cm³/mol. The van der Waals surface area contributed by atoms with Gasteiger partial charge in [0.25, 0.3) is 0 Å². The van der Waals surface area contributed by atoms with Crippen molar-refractivity contribution in [1.82, 2.24) is 9.29 Å². The Morgan fingerprint density at radius 3 is 2.30 bits per heavy atom. The fourth-order valence-corrected chi connectivity index (χ4v) is 6.52. The third-order valence-corrected chi connectivity index (χ3v) is 8.36. The second-order valence-electron chi connectivity index (χ2n) is 7.33. The SMILES string of the molecule is Cc1ccc(C)c(-c2csc(N3CCN(S(=O)(=O)c4cc(Cl)cc(Cl)c4)CC3)n2)c1. The molecule has 158 valence electrons. The van der Waals surface area contributed by atoms with E-state index in [0.29, 0.717) is 36.2 Å².